The third-order valence-corrected chi connectivity index (χ3v) is 6.79. The molecule has 6 nitrogen and oxygen atoms in total. The number of nitrogens with one attached hydrogen (secondary N) is 1. The van der Waals surface area contributed by atoms with E-state index >= 15 is 0 Å². The van der Waals surface area contributed by atoms with Crippen molar-refractivity contribution in [1.82, 2.24) is 19.9 Å². The first kappa shape index (κ1) is 22.6. The molecule has 0 fully saturated rings. The maximum atomic E-state index is 12.6. The van der Waals surface area contributed by atoms with E-state index in [4.69, 9.17) is 11.6 Å². The second-order valence-corrected chi connectivity index (χ2v) is 9.04. The van der Waals surface area contributed by atoms with E-state index in [-0.39, 0.29) is 34.6 Å². The van der Waals surface area contributed by atoms with Crippen LogP contribution in [0.5, 0.6) is 0 Å². The normalized spacial score (nSPS) is 11.8. The fourth-order valence-corrected chi connectivity index (χ4v) is 4.66. The molecule has 0 aliphatic heterocycles. The molecular formula is C18H16ClF3N4O2S2. The number of hydrogen-bond acceptors (Lipinski definition) is 6. The van der Waals surface area contributed by atoms with Gasteiger partial charge in [-0.3, -0.25) is 14.2 Å². The van der Waals surface area contributed by atoms with Crippen LogP contribution in [0, 0.1) is 13.8 Å². The number of thiophene rings is 1. The molecule has 1 N–H and O–H groups in total. The minimum absolute atomic E-state index is 0.103. The first-order valence-electron chi connectivity index (χ1n) is 8.65. The van der Waals surface area contributed by atoms with Crippen molar-refractivity contribution in [1.29, 1.82) is 0 Å². The predicted molar refractivity (Wildman–Crippen MR) is 111 cm³/mol. The summed E-state index contributed by atoms with van der Waals surface area (Å²) in [6.07, 6.45) is -2.44. The molecule has 0 saturated heterocycles. The van der Waals surface area contributed by atoms with Crippen LogP contribution in [-0.2, 0) is 17.5 Å². The molecule has 0 spiro atoms. The first-order valence-corrected chi connectivity index (χ1v) is 10.8. The van der Waals surface area contributed by atoms with Crippen LogP contribution in [0.4, 0.5) is 13.2 Å². The van der Waals surface area contributed by atoms with E-state index in [2.05, 4.69) is 15.3 Å². The van der Waals surface area contributed by atoms with Crippen molar-refractivity contribution in [2.24, 2.45) is 0 Å². The second-order valence-electron chi connectivity index (χ2n) is 6.35. The van der Waals surface area contributed by atoms with Gasteiger partial charge >= 0.3 is 6.18 Å². The molecule has 0 aliphatic carbocycles. The van der Waals surface area contributed by atoms with Crippen molar-refractivity contribution >= 4 is 50.8 Å². The zero-order valence-electron chi connectivity index (χ0n) is 15.8. The molecule has 0 bridgehead atoms. The summed E-state index contributed by atoms with van der Waals surface area (Å²) in [6.45, 7) is 3.80. The summed E-state index contributed by atoms with van der Waals surface area (Å²) < 4.78 is 39.1. The average Bonchev–Trinajstić information content (AvgIpc) is 2.96. The lowest BCUT2D eigenvalue weighted by atomic mass is 10.2. The van der Waals surface area contributed by atoms with E-state index in [0.717, 1.165) is 34.5 Å². The molecule has 30 heavy (non-hydrogen) atoms. The Labute approximate surface area is 182 Å². The number of nitrogens with zero attached hydrogens (tertiary/aromatic N) is 3. The SMILES string of the molecule is Cc1sc2ncn(CC(=O)NCCSc3ncc(C(F)(F)F)cc3Cl)c(=O)c2c1C. The number of pyridine rings is 1. The van der Waals surface area contributed by atoms with Gasteiger partial charge in [0.25, 0.3) is 5.56 Å². The molecule has 3 heterocycles. The minimum atomic E-state index is -4.51. The number of thioether (sulfide) groups is 1. The Balaban J connectivity index is 1.55. The van der Waals surface area contributed by atoms with Gasteiger partial charge in [0.2, 0.25) is 5.91 Å². The maximum Gasteiger partial charge on any atom is 0.417 e. The Morgan fingerprint density at radius 1 is 1.33 bits per heavy atom. The Morgan fingerprint density at radius 3 is 2.73 bits per heavy atom. The topological polar surface area (TPSA) is 76.9 Å². The minimum Gasteiger partial charge on any atom is -0.354 e. The molecular weight excluding hydrogens is 461 g/mol. The highest BCUT2D eigenvalue weighted by molar-refractivity contribution is 7.99. The number of alkyl halides is 3. The van der Waals surface area contributed by atoms with Crippen LogP contribution in [0.2, 0.25) is 5.02 Å². The summed E-state index contributed by atoms with van der Waals surface area (Å²) in [5, 5.41) is 3.32. The van der Waals surface area contributed by atoms with Crippen molar-refractivity contribution in [2.45, 2.75) is 31.6 Å². The first-order chi connectivity index (χ1) is 14.1. The summed E-state index contributed by atoms with van der Waals surface area (Å²) in [6, 6.07) is 0.819. The van der Waals surface area contributed by atoms with Crippen LogP contribution >= 0.6 is 34.7 Å². The Morgan fingerprint density at radius 2 is 2.07 bits per heavy atom. The van der Waals surface area contributed by atoms with Gasteiger partial charge < -0.3 is 5.32 Å². The molecule has 3 rings (SSSR count). The molecule has 0 saturated carbocycles. The van der Waals surface area contributed by atoms with Crippen molar-refractivity contribution in [2.75, 3.05) is 12.3 Å². The summed E-state index contributed by atoms with van der Waals surface area (Å²) in [7, 11) is 0. The largest absolute Gasteiger partial charge is 0.417 e. The zero-order chi connectivity index (χ0) is 22.1. The number of fused-ring (bicyclic) bond motifs is 1. The van der Waals surface area contributed by atoms with Crippen LogP contribution < -0.4 is 10.9 Å². The molecule has 0 radical (unpaired) electrons. The van der Waals surface area contributed by atoms with Crippen LogP contribution in [0.3, 0.4) is 0 Å². The van der Waals surface area contributed by atoms with Gasteiger partial charge in [0.15, 0.2) is 0 Å². The quantitative estimate of drug-likeness (QED) is 0.429. The molecule has 3 aromatic rings. The highest BCUT2D eigenvalue weighted by Crippen LogP contribution is 2.33. The number of carbonyl (C=O) groups excluding carboxylic acids is 1. The molecule has 0 aliphatic rings. The number of rotatable bonds is 6. The number of carbonyl (C=O) groups is 1. The Bertz CT molecular complexity index is 1160. The van der Waals surface area contributed by atoms with Gasteiger partial charge in [-0.05, 0) is 25.5 Å². The monoisotopic (exact) mass is 476 g/mol. The predicted octanol–water partition coefficient (Wildman–Crippen LogP) is 4.05. The molecule has 3 aromatic heterocycles. The van der Waals surface area contributed by atoms with Crippen molar-refractivity contribution in [3.8, 4) is 0 Å². The molecule has 0 aromatic carbocycles. The molecule has 160 valence electrons. The molecule has 0 atom stereocenters. The summed E-state index contributed by atoms with van der Waals surface area (Å²) in [5.41, 5.74) is -0.330. The summed E-state index contributed by atoms with van der Waals surface area (Å²) in [4.78, 5) is 34.4. The smallest absolute Gasteiger partial charge is 0.354 e. The fraction of sp³-hybridized carbons (Fsp3) is 0.333. The van der Waals surface area contributed by atoms with Gasteiger partial charge in [0.1, 0.15) is 16.4 Å². The van der Waals surface area contributed by atoms with Gasteiger partial charge in [-0.15, -0.1) is 23.1 Å². The van der Waals surface area contributed by atoms with Crippen LogP contribution in [0.15, 0.2) is 28.4 Å². The fourth-order valence-electron chi connectivity index (χ4n) is 2.62. The Hall–Kier alpha value is -2.11. The van der Waals surface area contributed by atoms with Gasteiger partial charge in [-0.2, -0.15) is 13.2 Å². The van der Waals surface area contributed by atoms with Crippen LogP contribution in [-0.4, -0.2) is 32.7 Å². The lowest BCUT2D eigenvalue weighted by molar-refractivity contribution is -0.137. The van der Waals surface area contributed by atoms with E-state index in [0.29, 0.717) is 16.0 Å². The lowest BCUT2D eigenvalue weighted by Crippen LogP contribution is -2.33. The highest BCUT2D eigenvalue weighted by Gasteiger charge is 2.31. The number of aromatic nitrogens is 3. The van der Waals surface area contributed by atoms with Gasteiger partial charge in [-0.1, -0.05) is 11.6 Å². The maximum absolute atomic E-state index is 12.6. The van der Waals surface area contributed by atoms with E-state index in [1.54, 1.807) is 0 Å². The van der Waals surface area contributed by atoms with E-state index < -0.39 is 11.7 Å². The number of halogens is 4. The zero-order valence-corrected chi connectivity index (χ0v) is 18.2. The second kappa shape index (κ2) is 8.94. The number of hydrogen-bond donors (Lipinski definition) is 1. The van der Waals surface area contributed by atoms with Gasteiger partial charge in [-0.25, -0.2) is 9.97 Å². The van der Waals surface area contributed by atoms with Crippen LogP contribution in [0.1, 0.15) is 16.0 Å². The van der Waals surface area contributed by atoms with Crippen molar-refractivity contribution in [3.05, 3.63) is 50.0 Å². The molecule has 0 unspecified atom stereocenters. The third kappa shape index (κ3) is 4.96. The number of aryl methyl sites for hydroxylation is 2. The van der Waals surface area contributed by atoms with Crippen LogP contribution in [0.25, 0.3) is 10.2 Å². The lowest BCUT2D eigenvalue weighted by Gasteiger charge is -2.09. The average molecular weight is 477 g/mol. The summed E-state index contributed by atoms with van der Waals surface area (Å²) >= 11 is 8.40. The standard InChI is InChI=1S/C18H16ClF3N4O2S2/c1-9-10(2)30-16-14(9)17(28)26(8-25-16)7-13(27)23-3-4-29-15-12(19)5-11(6-24-15)18(20,21)22/h5-6,8H,3-4,7H2,1-2H3,(H,23,27). The Kier molecular flexibility index (Phi) is 6.73. The van der Waals surface area contributed by atoms with E-state index in [1.165, 1.54) is 22.2 Å². The van der Waals surface area contributed by atoms with Gasteiger partial charge in [0.05, 0.1) is 22.3 Å². The van der Waals surface area contributed by atoms with Gasteiger partial charge in [0, 0.05) is 23.4 Å². The summed E-state index contributed by atoms with van der Waals surface area (Å²) in [5.74, 6) is -0.0336. The number of amides is 1. The van der Waals surface area contributed by atoms with Crippen molar-refractivity contribution in [3.63, 3.8) is 0 Å². The van der Waals surface area contributed by atoms with Crippen molar-refractivity contribution < 1.29 is 18.0 Å². The third-order valence-electron chi connectivity index (χ3n) is 4.27. The molecule has 1 amide bonds. The molecule has 12 heteroatoms. The highest BCUT2D eigenvalue weighted by atomic mass is 35.5. The van der Waals surface area contributed by atoms with E-state index in [1.807, 2.05) is 13.8 Å². The van der Waals surface area contributed by atoms with E-state index in [9.17, 15) is 22.8 Å².